The van der Waals surface area contributed by atoms with Crippen molar-refractivity contribution in [2.24, 2.45) is 0 Å². The lowest BCUT2D eigenvalue weighted by Crippen LogP contribution is -2.20. The molecule has 0 atom stereocenters. The molecule has 7 heteroatoms. The first-order valence-corrected chi connectivity index (χ1v) is 7.19. The third kappa shape index (κ3) is 4.50. The maximum absolute atomic E-state index is 12.0. The van der Waals surface area contributed by atoms with E-state index in [0.29, 0.717) is 11.4 Å². The van der Waals surface area contributed by atoms with Crippen LogP contribution in [0.1, 0.15) is 19.8 Å². The number of rotatable bonds is 6. The lowest BCUT2D eigenvalue weighted by Gasteiger charge is -2.12. The van der Waals surface area contributed by atoms with Crippen LogP contribution < -0.4 is 10.9 Å². The fraction of sp³-hybridized carbons (Fsp3) is 0.250. The molecular formula is C16H17N3O4. The minimum absolute atomic E-state index is 0.0110. The van der Waals surface area contributed by atoms with E-state index in [2.05, 4.69) is 10.3 Å². The Kier molecular flexibility index (Phi) is 5.62. The van der Waals surface area contributed by atoms with E-state index in [1.807, 2.05) is 0 Å². The summed E-state index contributed by atoms with van der Waals surface area (Å²) >= 11 is 0. The third-order valence-electron chi connectivity index (χ3n) is 3.02. The maximum Gasteiger partial charge on any atom is 0.306 e. The maximum atomic E-state index is 12.0. The van der Waals surface area contributed by atoms with Crippen LogP contribution >= 0.6 is 0 Å². The van der Waals surface area contributed by atoms with Crippen molar-refractivity contribution in [1.82, 2.24) is 9.55 Å². The summed E-state index contributed by atoms with van der Waals surface area (Å²) in [7, 11) is 0. The molecule has 0 aliphatic rings. The molecule has 0 aliphatic carbocycles. The van der Waals surface area contributed by atoms with Crippen molar-refractivity contribution in [3.05, 3.63) is 53.2 Å². The molecule has 0 bridgehead atoms. The van der Waals surface area contributed by atoms with Gasteiger partial charge in [-0.25, -0.2) is 0 Å². The first kappa shape index (κ1) is 16.4. The van der Waals surface area contributed by atoms with Gasteiger partial charge in [0, 0.05) is 18.8 Å². The molecule has 0 unspecified atom stereocenters. The zero-order valence-corrected chi connectivity index (χ0v) is 12.7. The van der Waals surface area contributed by atoms with E-state index < -0.39 is 5.97 Å². The van der Waals surface area contributed by atoms with E-state index in [0.717, 1.165) is 0 Å². The number of benzene rings is 1. The number of aromatic nitrogens is 2. The van der Waals surface area contributed by atoms with E-state index in [1.54, 1.807) is 31.2 Å². The van der Waals surface area contributed by atoms with Crippen molar-refractivity contribution >= 4 is 17.6 Å². The molecule has 2 aromatic rings. The Morgan fingerprint density at radius 3 is 2.78 bits per heavy atom. The van der Waals surface area contributed by atoms with Gasteiger partial charge in [0.25, 0.3) is 5.56 Å². The number of nitrogens with zero attached hydrogens (tertiary/aromatic N) is 2. The molecule has 120 valence electrons. The molecule has 1 aromatic heterocycles. The fourth-order valence-corrected chi connectivity index (χ4v) is 2.00. The van der Waals surface area contributed by atoms with Gasteiger partial charge < -0.3 is 10.1 Å². The van der Waals surface area contributed by atoms with Gasteiger partial charge in [0.1, 0.15) is 0 Å². The van der Waals surface area contributed by atoms with Gasteiger partial charge >= 0.3 is 5.97 Å². The lowest BCUT2D eigenvalue weighted by molar-refractivity contribution is -0.144. The van der Waals surface area contributed by atoms with Crippen LogP contribution in [0.2, 0.25) is 0 Å². The van der Waals surface area contributed by atoms with Crippen LogP contribution in [0.15, 0.2) is 47.7 Å². The Bertz CT molecular complexity index is 755. The number of esters is 1. The minimum atomic E-state index is -0.415. The fourth-order valence-electron chi connectivity index (χ4n) is 2.00. The number of anilines is 1. The molecule has 1 heterocycles. The molecule has 7 nitrogen and oxygen atoms in total. The summed E-state index contributed by atoms with van der Waals surface area (Å²) in [6.07, 6.45) is 4.22. The molecule has 1 aromatic carbocycles. The Labute approximate surface area is 132 Å². The second-order valence-electron chi connectivity index (χ2n) is 4.65. The predicted molar refractivity (Wildman–Crippen MR) is 84.3 cm³/mol. The minimum Gasteiger partial charge on any atom is -0.466 e. The van der Waals surface area contributed by atoms with Crippen molar-refractivity contribution in [2.45, 2.75) is 19.8 Å². The number of para-hydroxylation sites is 2. The molecule has 23 heavy (non-hydrogen) atoms. The first-order chi connectivity index (χ1) is 11.1. The molecule has 0 fully saturated rings. The van der Waals surface area contributed by atoms with Crippen LogP contribution in [-0.2, 0) is 14.3 Å². The molecular weight excluding hydrogens is 298 g/mol. The van der Waals surface area contributed by atoms with Crippen molar-refractivity contribution in [3.8, 4) is 5.69 Å². The summed E-state index contributed by atoms with van der Waals surface area (Å²) < 4.78 is 6.16. The van der Waals surface area contributed by atoms with E-state index >= 15 is 0 Å². The first-order valence-electron chi connectivity index (χ1n) is 7.19. The average molecular weight is 315 g/mol. The zero-order valence-electron chi connectivity index (χ0n) is 12.7. The normalized spacial score (nSPS) is 10.1. The summed E-state index contributed by atoms with van der Waals surface area (Å²) in [5, 5.41) is 2.71. The summed E-state index contributed by atoms with van der Waals surface area (Å²) in [5.41, 5.74) is 0.708. The highest BCUT2D eigenvalue weighted by Crippen LogP contribution is 2.18. The quantitative estimate of drug-likeness (QED) is 0.816. The molecule has 0 saturated carbocycles. The second-order valence-corrected chi connectivity index (χ2v) is 4.65. The molecule has 1 N–H and O–H groups in total. The predicted octanol–water partition coefficient (Wildman–Crippen LogP) is 1.51. The van der Waals surface area contributed by atoms with Gasteiger partial charge in [-0.05, 0) is 19.1 Å². The molecule has 0 spiro atoms. The van der Waals surface area contributed by atoms with Gasteiger partial charge in [0.05, 0.1) is 30.6 Å². The average Bonchev–Trinajstić information content (AvgIpc) is 2.54. The summed E-state index contributed by atoms with van der Waals surface area (Å²) in [6.45, 7) is 1.99. The summed E-state index contributed by atoms with van der Waals surface area (Å²) in [6, 6.07) is 6.90. The topological polar surface area (TPSA) is 90.3 Å². The number of hydrogen-bond donors (Lipinski definition) is 1. The smallest absolute Gasteiger partial charge is 0.306 e. The number of carbonyl (C=O) groups is 2. The summed E-state index contributed by atoms with van der Waals surface area (Å²) in [4.78, 5) is 38.9. The van der Waals surface area contributed by atoms with Gasteiger partial charge in [-0.1, -0.05) is 12.1 Å². The van der Waals surface area contributed by atoms with E-state index in [9.17, 15) is 14.4 Å². The third-order valence-corrected chi connectivity index (χ3v) is 3.02. The molecule has 0 saturated heterocycles. The van der Waals surface area contributed by atoms with E-state index in [1.165, 1.54) is 23.2 Å². The second kappa shape index (κ2) is 7.88. The monoisotopic (exact) mass is 315 g/mol. The van der Waals surface area contributed by atoms with Gasteiger partial charge in [0.15, 0.2) is 0 Å². The van der Waals surface area contributed by atoms with E-state index in [-0.39, 0.29) is 30.9 Å². The zero-order chi connectivity index (χ0) is 16.7. The van der Waals surface area contributed by atoms with Crippen LogP contribution in [0.25, 0.3) is 5.69 Å². The highest BCUT2D eigenvalue weighted by atomic mass is 16.5. The van der Waals surface area contributed by atoms with Crippen molar-refractivity contribution < 1.29 is 14.3 Å². The molecule has 0 radical (unpaired) electrons. The number of nitrogens with one attached hydrogen (secondary N) is 1. The van der Waals surface area contributed by atoms with Crippen LogP contribution in [-0.4, -0.2) is 28.0 Å². The van der Waals surface area contributed by atoms with Gasteiger partial charge in [0.2, 0.25) is 5.91 Å². The Hall–Kier alpha value is -2.96. The highest BCUT2D eigenvalue weighted by molar-refractivity contribution is 5.94. The Morgan fingerprint density at radius 1 is 1.26 bits per heavy atom. The largest absolute Gasteiger partial charge is 0.466 e. The summed E-state index contributed by atoms with van der Waals surface area (Å²) in [5.74, 6) is -0.742. The Morgan fingerprint density at radius 2 is 2.04 bits per heavy atom. The number of ether oxygens (including phenoxy) is 1. The van der Waals surface area contributed by atoms with Crippen LogP contribution in [0.5, 0.6) is 0 Å². The number of amides is 1. The molecule has 2 rings (SSSR count). The van der Waals surface area contributed by atoms with Crippen molar-refractivity contribution in [2.75, 3.05) is 11.9 Å². The standard InChI is InChI=1S/C16H17N3O4/c1-2-23-16(22)8-7-14(20)18-12-5-3-4-6-13(12)19-10-9-17-11-15(19)21/h3-6,9-11H,2,7-8H2,1H3,(H,18,20). The molecule has 1 amide bonds. The van der Waals surface area contributed by atoms with Crippen LogP contribution in [0.4, 0.5) is 5.69 Å². The van der Waals surface area contributed by atoms with Gasteiger partial charge in [-0.15, -0.1) is 0 Å². The van der Waals surface area contributed by atoms with Gasteiger partial charge in [-0.2, -0.15) is 0 Å². The van der Waals surface area contributed by atoms with Gasteiger partial charge in [-0.3, -0.25) is 23.9 Å². The van der Waals surface area contributed by atoms with E-state index in [4.69, 9.17) is 4.74 Å². The number of carbonyl (C=O) groups excluding carboxylic acids is 2. The number of hydrogen-bond acceptors (Lipinski definition) is 5. The molecule has 0 aliphatic heterocycles. The highest BCUT2D eigenvalue weighted by Gasteiger charge is 2.11. The van der Waals surface area contributed by atoms with Crippen LogP contribution in [0, 0.1) is 0 Å². The van der Waals surface area contributed by atoms with Crippen molar-refractivity contribution in [3.63, 3.8) is 0 Å². The van der Waals surface area contributed by atoms with Crippen molar-refractivity contribution in [1.29, 1.82) is 0 Å². The van der Waals surface area contributed by atoms with Crippen LogP contribution in [0.3, 0.4) is 0 Å². The lowest BCUT2D eigenvalue weighted by atomic mass is 10.2. The SMILES string of the molecule is CCOC(=O)CCC(=O)Nc1ccccc1-n1ccncc1=O. The Balaban J connectivity index is 2.12.